The van der Waals surface area contributed by atoms with E-state index >= 15 is 0 Å². The molecule has 4 nitrogen and oxygen atoms in total. The normalized spacial score (nSPS) is 19.8. The van der Waals surface area contributed by atoms with Crippen molar-refractivity contribution in [3.8, 4) is 5.75 Å². The van der Waals surface area contributed by atoms with Crippen molar-refractivity contribution >= 4 is 11.8 Å². The molecule has 1 aliphatic heterocycles. The summed E-state index contributed by atoms with van der Waals surface area (Å²) in [5, 5.41) is 0. The molecule has 1 amide bonds. The van der Waals surface area contributed by atoms with Crippen molar-refractivity contribution in [2.24, 2.45) is 0 Å². The van der Waals surface area contributed by atoms with Crippen molar-refractivity contribution in [2.75, 3.05) is 18.6 Å². The van der Waals surface area contributed by atoms with Crippen LogP contribution in [0.1, 0.15) is 13.3 Å². The maximum absolute atomic E-state index is 11.6. The molecule has 16 heavy (non-hydrogen) atoms. The first kappa shape index (κ1) is 10.8. The van der Waals surface area contributed by atoms with E-state index in [9.17, 15) is 4.79 Å². The summed E-state index contributed by atoms with van der Waals surface area (Å²) < 4.78 is 10.1. The minimum Gasteiger partial charge on any atom is -0.497 e. The van der Waals surface area contributed by atoms with Crippen molar-refractivity contribution < 1.29 is 14.3 Å². The summed E-state index contributed by atoms with van der Waals surface area (Å²) in [4.78, 5) is 13.3. The minimum absolute atomic E-state index is 0.140. The summed E-state index contributed by atoms with van der Waals surface area (Å²) >= 11 is 0. The lowest BCUT2D eigenvalue weighted by Crippen LogP contribution is -2.32. The van der Waals surface area contributed by atoms with Crippen LogP contribution in [0, 0.1) is 0 Å². The van der Waals surface area contributed by atoms with E-state index in [4.69, 9.17) is 9.47 Å². The molecule has 1 aromatic carbocycles. The molecule has 0 saturated carbocycles. The van der Waals surface area contributed by atoms with Gasteiger partial charge in [0.25, 0.3) is 0 Å². The van der Waals surface area contributed by atoms with Crippen LogP contribution in [0.2, 0.25) is 0 Å². The molecule has 0 N–H and O–H groups in total. The molecule has 0 radical (unpaired) electrons. The van der Waals surface area contributed by atoms with Gasteiger partial charge in [-0.3, -0.25) is 4.90 Å². The lowest BCUT2D eigenvalue weighted by Gasteiger charge is -2.20. The van der Waals surface area contributed by atoms with Gasteiger partial charge in [-0.05, 0) is 30.7 Å². The summed E-state index contributed by atoms with van der Waals surface area (Å²) in [5.41, 5.74) is 0.857. The number of carbonyl (C=O) groups excluding carboxylic acids is 1. The predicted molar refractivity (Wildman–Crippen MR) is 60.9 cm³/mol. The first-order chi connectivity index (χ1) is 7.76. The van der Waals surface area contributed by atoms with Crippen LogP contribution in [0.25, 0.3) is 0 Å². The minimum atomic E-state index is -0.267. The SMILES string of the molecule is CC[C@H]1COC(=O)N1c1ccc(OC)cc1. The lowest BCUT2D eigenvalue weighted by atomic mass is 10.2. The molecule has 0 spiro atoms. The third-order valence-corrected chi connectivity index (χ3v) is 2.78. The van der Waals surface area contributed by atoms with Crippen molar-refractivity contribution in [1.29, 1.82) is 0 Å². The molecule has 2 rings (SSSR count). The highest BCUT2D eigenvalue weighted by molar-refractivity contribution is 5.90. The fourth-order valence-corrected chi connectivity index (χ4v) is 1.82. The monoisotopic (exact) mass is 221 g/mol. The molecule has 1 atom stereocenters. The Morgan fingerprint density at radius 1 is 1.44 bits per heavy atom. The molecule has 4 heteroatoms. The third-order valence-electron chi connectivity index (χ3n) is 2.78. The highest BCUT2D eigenvalue weighted by Gasteiger charge is 2.32. The van der Waals surface area contributed by atoms with Crippen LogP contribution in [0.4, 0.5) is 10.5 Å². The number of anilines is 1. The quantitative estimate of drug-likeness (QED) is 0.786. The number of carbonyl (C=O) groups is 1. The highest BCUT2D eigenvalue weighted by atomic mass is 16.6. The van der Waals surface area contributed by atoms with Gasteiger partial charge in [-0.25, -0.2) is 4.79 Å². The zero-order valence-corrected chi connectivity index (χ0v) is 9.47. The van der Waals surface area contributed by atoms with Crippen LogP contribution in [0.5, 0.6) is 5.75 Å². The first-order valence-electron chi connectivity index (χ1n) is 5.36. The van der Waals surface area contributed by atoms with Crippen molar-refractivity contribution in [3.63, 3.8) is 0 Å². The number of hydrogen-bond donors (Lipinski definition) is 0. The molecule has 1 saturated heterocycles. The molecule has 0 bridgehead atoms. The number of hydrogen-bond acceptors (Lipinski definition) is 3. The second-order valence-corrected chi connectivity index (χ2v) is 3.71. The Morgan fingerprint density at radius 3 is 2.69 bits per heavy atom. The van der Waals surface area contributed by atoms with E-state index in [0.29, 0.717) is 6.61 Å². The number of methoxy groups -OCH3 is 1. The van der Waals surface area contributed by atoms with Gasteiger partial charge in [0.1, 0.15) is 12.4 Å². The van der Waals surface area contributed by atoms with E-state index in [1.807, 2.05) is 31.2 Å². The van der Waals surface area contributed by atoms with Crippen LogP contribution in [-0.4, -0.2) is 25.9 Å². The standard InChI is InChI=1S/C12H15NO3/c1-3-9-8-16-12(14)13(9)10-4-6-11(15-2)7-5-10/h4-7,9H,3,8H2,1-2H3/t9-/m0/s1. The molecular formula is C12H15NO3. The number of benzene rings is 1. The Hall–Kier alpha value is -1.71. The summed E-state index contributed by atoms with van der Waals surface area (Å²) in [6.45, 7) is 2.52. The maximum atomic E-state index is 11.6. The van der Waals surface area contributed by atoms with Crippen molar-refractivity contribution in [2.45, 2.75) is 19.4 Å². The number of ether oxygens (including phenoxy) is 2. The summed E-state index contributed by atoms with van der Waals surface area (Å²) in [5.74, 6) is 0.782. The second kappa shape index (κ2) is 4.43. The first-order valence-corrected chi connectivity index (χ1v) is 5.36. The van der Waals surface area contributed by atoms with E-state index in [2.05, 4.69) is 0 Å². The van der Waals surface area contributed by atoms with Gasteiger partial charge in [-0.15, -0.1) is 0 Å². The molecule has 0 unspecified atom stereocenters. The van der Waals surface area contributed by atoms with E-state index in [0.717, 1.165) is 17.9 Å². The van der Waals surface area contributed by atoms with Gasteiger partial charge in [-0.1, -0.05) is 6.92 Å². The van der Waals surface area contributed by atoms with E-state index < -0.39 is 0 Å². The van der Waals surface area contributed by atoms with Crippen molar-refractivity contribution in [1.82, 2.24) is 0 Å². The number of cyclic esters (lactones) is 1. The molecule has 1 fully saturated rings. The van der Waals surface area contributed by atoms with Crippen LogP contribution >= 0.6 is 0 Å². The Balaban J connectivity index is 2.24. The zero-order valence-electron chi connectivity index (χ0n) is 9.47. The molecule has 1 aliphatic rings. The number of rotatable bonds is 3. The Labute approximate surface area is 94.8 Å². The zero-order chi connectivity index (χ0) is 11.5. The van der Waals surface area contributed by atoms with Gasteiger partial charge in [0.15, 0.2) is 0 Å². The Bertz CT molecular complexity index is 374. The molecule has 0 aromatic heterocycles. The van der Waals surface area contributed by atoms with E-state index in [1.165, 1.54) is 0 Å². The predicted octanol–water partition coefficient (Wildman–Crippen LogP) is 2.43. The topological polar surface area (TPSA) is 38.8 Å². The number of amides is 1. The largest absolute Gasteiger partial charge is 0.497 e. The van der Waals surface area contributed by atoms with Crippen LogP contribution < -0.4 is 9.64 Å². The fraction of sp³-hybridized carbons (Fsp3) is 0.417. The van der Waals surface area contributed by atoms with Crippen LogP contribution in [0.3, 0.4) is 0 Å². The van der Waals surface area contributed by atoms with Gasteiger partial charge in [0.05, 0.1) is 13.2 Å². The average Bonchev–Trinajstić information content (AvgIpc) is 2.70. The molecule has 1 aromatic rings. The molecular weight excluding hydrogens is 206 g/mol. The summed E-state index contributed by atoms with van der Waals surface area (Å²) in [6, 6.07) is 7.56. The third kappa shape index (κ3) is 1.83. The summed E-state index contributed by atoms with van der Waals surface area (Å²) in [6.07, 6.45) is 0.620. The van der Waals surface area contributed by atoms with Gasteiger partial charge < -0.3 is 9.47 Å². The molecule has 1 heterocycles. The van der Waals surface area contributed by atoms with Crippen LogP contribution in [0.15, 0.2) is 24.3 Å². The van der Waals surface area contributed by atoms with Gasteiger partial charge in [-0.2, -0.15) is 0 Å². The molecule has 86 valence electrons. The van der Waals surface area contributed by atoms with E-state index in [-0.39, 0.29) is 12.1 Å². The lowest BCUT2D eigenvalue weighted by molar-refractivity contribution is 0.178. The highest BCUT2D eigenvalue weighted by Crippen LogP contribution is 2.26. The van der Waals surface area contributed by atoms with Crippen molar-refractivity contribution in [3.05, 3.63) is 24.3 Å². The van der Waals surface area contributed by atoms with Gasteiger partial charge in [0, 0.05) is 5.69 Å². The summed E-state index contributed by atoms with van der Waals surface area (Å²) in [7, 11) is 1.62. The Kier molecular flexibility index (Phi) is 2.99. The van der Waals surface area contributed by atoms with Gasteiger partial charge in [0.2, 0.25) is 0 Å². The maximum Gasteiger partial charge on any atom is 0.414 e. The fourth-order valence-electron chi connectivity index (χ4n) is 1.82. The van der Waals surface area contributed by atoms with Gasteiger partial charge >= 0.3 is 6.09 Å². The second-order valence-electron chi connectivity index (χ2n) is 3.71. The smallest absolute Gasteiger partial charge is 0.414 e. The number of nitrogens with zero attached hydrogens (tertiary/aromatic N) is 1. The Morgan fingerprint density at radius 2 is 2.12 bits per heavy atom. The average molecular weight is 221 g/mol. The van der Waals surface area contributed by atoms with Crippen LogP contribution in [-0.2, 0) is 4.74 Å². The van der Waals surface area contributed by atoms with E-state index in [1.54, 1.807) is 12.0 Å². The molecule has 0 aliphatic carbocycles.